The molecule has 18 heavy (non-hydrogen) atoms. The van der Waals surface area contributed by atoms with Gasteiger partial charge in [0.15, 0.2) is 0 Å². The summed E-state index contributed by atoms with van der Waals surface area (Å²) in [6.07, 6.45) is 0.216. The average molecular weight is 318 g/mol. The van der Waals surface area contributed by atoms with Crippen molar-refractivity contribution in [3.05, 3.63) is 33.8 Å². The van der Waals surface area contributed by atoms with Crippen LogP contribution in [0.2, 0.25) is 0 Å². The van der Waals surface area contributed by atoms with Crippen molar-refractivity contribution in [1.82, 2.24) is 4.90 Å². The Hall–Kier alpha value is -0.970. The van der Waals surface area contributed by atoms with Crippen molar-refractivity contribution >= 4 is 21.8 Å². The number of alkyl halides is 2. The molecule has 1 aromatic carbocycles. The Kier molecular flexibility index (Phi) is 3.71. The Bertz CT molecular complexity index is 476. The predicted octanol–water partition coefficient (Wildman–Crippen LogP) is 3.63. The van der Waals surface area contributed by atoms with E-state index in [4.69, 9.17) is 0 Å². The zero-order valence-electron chi connectivity index (χ0n) is 10.0. The number of carbonyl (C=O) groups is 1. The van der Waals surface area contributed by atoms with Gasteiger partial charge in [-0.15, -0.1) is 0 Å². The Labute approximate surface area is 113 Å². The summed E-state index contributed by atoms with van der Waals surface area (Å²) in [5.74, 6) is -3.09. The molecule has 0 unspecified atom stereocenters. The number of aryl methyl sites for hydroxylation is 1. The molecule has 1 aliphatic rings. The minimum atomic E-state index is -2.76. The van der Waals surface area contributed by atoms with Gasteiger partial charge in [-0.25, -0.2) is 8.78 Å². The molecule has 2 rings (SSSR count). The molecule has 0 aromatic heterocycles. The highest BCUT2D eigenvalue weighted by Crippen LogP contribution is 2.28. The first-order valence-electron chi connectivity index (χ1n) is 5.82. The SMILES string of the molecule is Cc1ccc(Br)c(C(=O)N2CCCC(F)(F)C2)c1. The minimum Gasteiger partial charge on any atom is -0.333 e. The van der Waals surface area contributed by atoms with Crippen LogP contribution in [0.25, 0.3) is 0 Å². The molecule has 0 bridgehead atoms. The molecule has 1 heterocycles. The number of nitrogens with zero attached hydrogens (tertiary/aromatic N) is 1. The van der Waals surface area contributed by atoms with Crippen LogP contribution in [0, 0.1) is 6.92 Å². The standard InChI is InChI=1S/C13H14BrF2NO/c1-9-3-4-11(14)10(7-9)12(18)17-6-2-5-13(15,16)8-17/h3-4,7H,2,5-6,8H2,1H3. The van der Waals surface area contributed by atoms with E-state index >= 15 is 0 Å². The monoisotopic (exact) mass is 317 g/mol. The highest BCUT2D eigenvalue weighted by molar-refractivity contribution is 9.10. The van der Waals surface area contributed by atoms with Crippen LogP contribution in [0.1, 0.15) is 28.8 Å². The molecular formula is C13H14BrF2NO. The smallest absolute Gasteiger partial charge is 0.265 e. The van der Waals surface area contributed by atoms with Gasteiger partial charge in [0.2, 0.25) is 0 Å². The third-order valence-corrected chi connectivity index (χ3v) is 3.72. The second-order valence-corrected chi connectivity index (χ2v) is 5.52. The number of halogens is 3. The van der Waals surface area contributed by atoms with Gasteiger partial charge in [-0.05, 0) is 41.4 Å². The Morgan fingerprint density at radius 1 is 1.44 bits per heavy atom. The molecular weight excluding hydrogens is 304 g/mol. The van der Waals surface area contributed by atoms with Gasteiger partial charge in [-0.1, -0.05) is 11.6 Å². The van der Waals surface area contributed by atoms with Crippen LogP contribution in [0.5, 0.6) is 0 Å². The van der Waals surface area contributed by atoms with Crippen LogP contribution in [0.3, 0.4) is 0 Å². The predicted molar refractivity (Wildman–Crippen MR) is 69.0 cm³/mol. The lowest BCUT2D eigenvalue weighted by Crippen LogP contribution is -2.45. The maximum absolute atomic E-state index is 13.3. The Morgan fingerprint density at radius 3 is 2.83 bits per heavy atom. The molecule has 1 fully saturated rings. The zero-order valence-corrected chi connectivity index (χ0v) is 11.6. The fourth-order valence-corrected chi connectivity index (χ4v) is 2.53. The van der Waals surface area contributed by atoms with Crippen molar-refractivity contribution in [2.24, 2.45) is 0 Å². The van der Waals surface area contributed by atoms with Crippen LogP contribution in [0.4, 0.5) is 8.78 Å². The van der Waals surface area contributed by atoms with Crippen molar-refractivity contribution in [3.63, 3.8) is 0 Å². The molecule has 1 aliphatic heterocycles. The second kappa shape index (κ2) is 4.96. The van der Waals surface area contributed by atoms with Gasteiger partial charge in [0.1, 0.15) is 0 Å². The molecule has 0 N–H and O–H groups in total. The molecule has 98 valence electrons. The van der Waals surface area contributed by atoms with Crippen molar-refractivity contribution in [3.8, 4) is 0 Å². The second-order valence-electron chi connectivity index (χ2n) is 4.67. The maximum atomic E-state index is 13.3. The number of rotatable bonds is 1. The molecule has 0 aliphatic carbocycles. The fourth-order valence-electron chi connectivity index (χ4n) is 2.11. The van der Waals surface area contributed by atoms with E-state index in [-0.39, 0.29) is 12.3 Å². The lowest BCUT2D eigenvalue weighted by molar-refractivity contribution is -0.0560. The molecule has 1 saturated heterocycles. The van der Waals surface area contributed by atoms with Gasteiger partial charge in [0, 0.05) is 17.4 Å². The summed E-state index contributed by atoms with van der Waals surface area (Å²) in [5.41, 5.74) is 1.39. The summed E-state index contributed by atoms with van der Waals surface area (Å²) in [6, 6.07) is 5.36. The molecule has 0 radical (unpaired) electrons. The van der Waals surface area contributed by atoms with E-state index in [1.54, 1.807) is 12.1 Å². The topological polar surface area (TPSA) is 20.3 Å². The third-order valence-electron chi connectivity index (χ3n) is 3.03. The normalized spacial score (nSPS) is 18.8. The molecule has 1 aromatic rings. The van der Waals surface area contributed by atoms with Crippen LogP contribution in [-0.4, -0.2) is 29.8 Å². The number of hydrogen-bond acceptors (Lipinski definition) is 1. The van der Waals surface area contributed by atoms with E-state index in [9.17, 15) is 13.6 Å². The molecule has 5 heteroatoms. The van der Waals surface area contributed by atoms with E-state index in [0.717, 1.165) is 5.56 Å². The van der Waals surface area contributed by atoms with Crippen molar-refractivity contribution in [2.45, 2.75) is 25.7 Å². The van der Waals surface area contributed by atoms with E-state index < -0.39 is 12.5 Å². The summed E-state index contributed by atoms with van der Waals surface area (Å²) >= 11 is 3.29. The molecule has 1 amide bonds. The number of hydrogen-bond donors (Lipinski definition) is 0. The number of likely N-dealkylation sites (tertiary alicyclic amines) is 1. The molecule has 0 spiro atoms. The van der Waals surface area contributed by atoms with Crippen molar-refractivity contribution < 1.29 is 13.6 Å². The molecule has 0 saturated carbocycles. The van der Waals surface area contributed by atoms with Crippen molar-refractivity contribution in [1.29, 1.82) is 0 Å². The molecule has 0 atom stereocenters. The van der Waals surface area contributed by atoms with Gasteiger partial charge >= 0.3 is 0 Å². The van der Waals surface area contributed by atoms with E-state index in [1.807, 2.05) is 13.0 Å². The summed E-state index contributed by atoms with van der Waals surface area (Å²) < 4.78 is 27.3. The van der Waals surface area contributed by atoms with Crippen molar-refractivity contribution in [2.75, 3.05) is 13.1 Å². The van der Waals surface area contributed by atoms with E-state index in [0.29, 0.717) is 23.0 Å². The van der Waals surface area contributed by atoms with Crippen LogP contribution < -0.4 is 0 Å². The van der Waals surface area contributed by atoms with E-state index in [2.05, 4.69) is 15.9 Å². The quantitative estimate of drug-likeness (QED) is 0.774. The summed E-state index contributed by atoms with van der Waals surface area (Å²) in [4.78, 5) is 13.5. The van der Waals surface area contributed by atoms with Gasteiger partial charge in [0.05, 0.1) is 12.1 Å². The van der Waals surface area contributed by atoms with Gasteiger partial charge in [0.25, 0.3) is 11.8 Å². The summed E-state index contributed by atoms with van der Waals surface area (Å²) in [6.45, 7) is 1.79. The average Bonchev–Trinajstić information content (AvgIpc) is 2.30. The van der Waals surface area contributed by atoms with Gasteiger partial charge in [-0.2, -0.15) is 0 Å². The third kappa shape index (κ3) is 2.88. The maximum Gasteiger partial charge on any atom is 0.265 e. The first-order valence-corrected chi connectivity index (χ1v) is 6.62. The number of piperidine rings is 1. The van der Waals surface area contributed by atoms with Gasteiger partial charge < -0.3 is 4.90 Å². The van der Waals surface area contributed by atoms with Crippen LogP contribution in [-0.2, 0) is 0 Å². The highest BCUT2D eigenvalue weighted by Gasteiger charge is 2.37. The largest absolute Gasteiger partial charge is 0.333 e. The Balaban J connectivity index is 2.23. The summed E-state index contributed by atoms with van der Waals surface area (Å²) in [7, 11) is 0. The lowest BCUT2D eigenvalue weighted by atomic mass is 10.1. The summed E-state index contributed by atoms with van der Waals surface area (Å²) in [5, 5.41) is 0. The number of amides is 1. The molecule has 2 nitrogen and oxygen atoms in total. The number of benzene rings is 1. The minimum absolute atomic E-state index is 0.133. The highest BCUT2D eigenvalue weighted by atomic mass is 79.9. The van der Waals surface area contributed by atoms with E-state index in [1.165, 1.54) is 4.90 Å². The van der Waals surface area contributed by atoms with Gasteiger partial charge in [-0.3, -0.25) is 4.79 Å². The first-order chi connectivity index (χ1) is 8.39. The first kappa shape index (κ1) is 13.5. The number of carbonyl (C=O) groups excluding carboxylic acids is 1. The Morgan fingerprint density at radius 2 is 2.17 bits per heavy atom. The fraction of sp³-hybridized carbons (Fsp3) is 0.462. The van der Waals surface area contributed by atoms with Crippen LogP contribution in [0.15, 0.2) is 22.7 Å². The lowest BCUT2D eigenvalue weighted by Gasteiger charge is -2.32. The zero-order chi connectivity index (χ0) is 13.3. The van der Waals surface area contributed by atoms with Crippen LogP contribution >= 0.6 is 15.9 Å².